The van der Waals surface area contributed by atoms with Crippen LogP contribution in [0.2, 0.25) is 0 Å². The Morgan fingerprint density at radius 1 is 0.706 bits per heavy atom. The molecular weight excluding hydrogens is 440 g/mol. The van der Waals surface area contributed by atoms with Crippen LogP contribution in [0, 0.1) is 0 Å². The average Bonchev–Trinajstić information content (AvgIpc) is 2.82. The molecule has 0 aliphatic heterocycles. The van der Waals surface area contributed by atoms with Crippen molar-refractivity contribution in [3.05, 3.63) is 71.3 Å². The lowest BCUT2D eigenvalue weighted by Crippen LogP contribution is -2.24. The molecule has 3 rings (SSSR count). The highest BCUT2D eigenvalue weighted by molar-refractivity contribution is 5.81. The second-order valence-electron chi connectivity index (χ2n) is 7.50. The smallest absolute Gasteiger partial charge is 0.314 e. The van der Waals surface area contributed by atoms with Gasteiger partial charge in [-0.2, -0.15) is 0 Å². The largest absolute Gasteiger partial charge is 0.504 e. The summed E-state index contributed by atoms with van der Waals surface area (Å²) in [7, 11) is 4.31. The van der Waals surface area contributed by atoms with Gasteiger partial charge in [0.05, 0.1) is 33.9 Å². The van der Waals surface area contributed by atoms with Crippen LogP contribution in [-0.4, -0.2) is 49.2 Å². The number of hydrogen-bond acceptors (Lipinski definition) is 8. The Kier molecular flexibility index (Phi) is 7.73. The first-order valence-corrected chi connectivity index (χ1v) is 10.6. The van der Waals surface area contributed by atoms with Crippen molar-refractivity contribution in [2.24, 2.45) is 0 Å². The van der Waals surface area contributed by atoms with Gasteiger partial charge >= 0.3 is 5.97 Å². The minimum atomic E-state index is -0.933. The second kappa shape index (κ2) is 10.7. The number of ether oxygens (including phenoxy) is 4. The van der Waals surface area contributed by atoms with E-state index in [9.17, 15) is 20.1 Å². The number of methoxy groups -OCH3 is 3. The molecule has 0 aliphatic rings. The van der Waals surface area contributed by atoms with Gasteiger partial charge in [0.15, 0.2) is 34.5 Å². The van der Waals surface area contributed by atoms with E-state index >= 15 is 0 Å². The van der Waals surface area contributed by atoms with Gasteiger partial charge in [0, 0.05) is 5.92 Å². The lowest BCUT2D eigenvalue weighted by atomic mass is 9.77. The molecule has 0 bridgehead atoms. The van der Waals surface area contributed by atoms with E-state index in [1.807, 2.05) is 0 Å². The fraction of sp³-hybridized carbons (Fsp3) is 0.269. The first kappa shape index (κ1) is 24.6. The number of phenols is 3. The third kappa shape index (κ3) is 4.96. The Morgan fingerprint density at radius 2 is 1.09 bits per heavy atom. The van der Waals surface area contributed by atoms with Gasteiger partial charge in [-0.05, 0) is 60.0 Å². The third-order valence-corrected chi connectivity index (χ3v) is 5.56. The van der Waals surface area contributed by atoms with E-state index in [1.54, 1.807) is 43.3 Å². The van der Waals surface area contributed by atoms with Crippen LogP contribution in [0.5, 0.6) is 34.5 Å². The molecule has 8 heteroatoms. The van der Waals surface area contributed by atoms with Crippen molar-refractivity contribution < 1.29 is 39.1 Å². The van der Waals surface area contributed by atoms with Gasteiger partial charge < -0.3 is 34.3 Å². The van der Waals surface area contributed by atoms with Gasteiger partial charge in [-0.15, -0.1) is 0 Å². The molecule has 1 atom stereocenters. The van der Waals surface area contributed by atoms with Crippen molar-refractivity contribution in [2.75, 3.05) is 27.9 Å². The van der Waals surface area contributed by atoms with E-state index in [4.69, 9.17) is 18.9 Å². The predicted molar refractivity (Wildman–Crippen MR) is 125 cm³/mol. The van der Waals surface area contributed by atoms with Crippen molar-refractivity contribution in [2.45, 2.75) is 18.8 Å². The highest BCUT2D eigenvalue weighted by atomic mass is 16.5. The number of aromatic hydroxyl groups is 3. The molecule has 0 amide bonds. The Balaban J connectivity index is 2.27. The van der Waals surface area contributed by atoms with Crippen LogP contribution in [0.15, 0.2) is 54.6 Å². The lowest BCUT2D eigenvalue weighted by molar-refractivity contribution is -0.145. The Labute approximate surface area is 197 Å². The number of phenolic OH excluding ortho intramolecular Hbond substituents is 3. The maximum Gasteiger partial charge on any atom is 0.314 e. The maximum absolute atomic E-state index is 13.3. The summed E-state index contributed by atoms with van der Waals surface area (Å²) in [5.41, 5.74) is 1.60. The van der Waals surface area contributed by atoms with Gasteiger partial charge in [-0.1, -0.05) is 18.2 Å². The zero-order chi connectivity index (χ0) is 24.8. The van der Waals surface area contributed by atoms with Crippen LogP contribution in [0.4, 0.5) is 0 Å². The fourth-order valence-corrected chi connectivity index (χ4v) is 3.98. The summed E-state index contributed by atoms with van der Waals surface area (Å²) in [5.74, 6) is -1.73. The highest BCUT2D eigenvalue weighted by Crippen LogP contribution is 2.45. The normalized spacial score (nSPS) is 11.7. The standard InChI is InChI=1S/C26H28O8/c1-5-34-26(30)25(17-8-11-23(33-4)20(29)14-17)24(15-6-9-21(31-2)18(27)12-15)16-7-10-22(32-3)19(28)13-16/h6-14,24-25,27-29H,5H2,1-4H3. The highest BCUT2D eigenvalue weighted by Gasteiger charge is 2.35. The quantitative estimate of drug-likeness (QED) is 0.398. The minimum Gasteiger partial charge on any atom is -0.504 e. The molecule has 0 aromatic heterocycles. The molecule has 180 valence electrons. The predicted octanol–water partition coefficient (Wildman–Crippen LogP) is 4.31. The van der Waals surface area contributed by atoms with E-state index in [-0.39, 0.29) is 41.1 Å². The molecule has 0 fully saturated rings. The maximum atomic E-state index is 13.3. The van der Waals surface area contributed by atoms with Crippen molar-refractivity contribution in [1.29, 1.82) is 0 Å². The summed E-state index contributed by atoms with van der Waals surface area (Å²) in [6.45, 7) is 1.85. The van der Waals surface area contributed by atoms with Gasteiger partial charge in [-0.3, -0.25) is 4.79 Å². The number of benzene rings is 3. The summed E-state index contributed by atoms with van der Waals surface area (Å²) in [6.07, 6.45) is 0. The zero-order valence-electron chi connectivity index (χ0n) is 19.4. The van der Waals surface area contributed by atoms with Crippen LogP contribution >= 0.6 is 0 Å². The van der Waals surface area contributed by atoms with Crippen molar-refractivity contribution in [3.63, 3.8) is 0 Å². The molecule has 0 radical (unpaired) electrons. The summed E-state index contributed by atoms with van der Waals surface area (Å²) in [5, 5.41) is 31.3. The van der Waals surface area contributed by atoms with E-state index in [0.29, 0.717) is 16.7 Å². The summed E-state index contributed by atoms with van der Waals surface area (Å²) in [6, 6.07) is 14.3. The Bertz CT molecular complexity index is 1100. The number of hydrogen-bond donors (Lipinski definition) is 3. The number of carbonyl (C=O) groups is 1. The van der Waals surface area contributed by atoms with E-state index in [1.165, 1.54) is 39.5 Å². The topological polar surface area (TPSA) is 115 Å². The second-order valence-corrected chi connectivity index (χ2v) is 7.50. The zero-order valence-corrected chi connectivity index (χ0v) is 19.4. The van der Waals surface area contributed by atoms with Gasteiger partial charge in [0.1, 0.15) is 0 Å². The Morgan fingerprint density at radius 3 is 1.44 bits per heavy atom. The van der Waals surface area contributed by atoms with Crippen LogP contribution in [0.25, 0.3) is 0 Å². The van der Waals surface area contributed by atoms with Gasteiger partial charge in [0.25, 0.3) is 0 Å². The lowest BCUT2D eigenvalue weighted by Gasteiger charge is -2.28. The van der Waals surface area contributed by atoms with E-state index < -0.39 is 17.8 Å². The third-order valence-electron chi connectivity index (χ3n) is 5.56. The Hall–Kier alpha value is -4.07. The van der Waals surface area contributed by atoms with E-state index in [0.717, 1.165) is 0 Å². The first-order valence-electron chi connectivity index (χ1n) is 10.6. The molecule has 0 aliphatic carbocycles. The monoisotopic (exact) mass is 468 g/mol. The van der Waals surface area contributed by atoms with Crippen LogP contribution in [-0.2, 0) is 9.53 Å². The SMILES string of the molecule is CCOC(=O)C(c1ccc(OC)c(O)c1)C(c1ccc(OC)c(O)c1)c1ccc(OC)c(O)c1. The first-order chi connectivity index (χ1) is 16.3. The molecule has 3 N–H and O–H groups in total. The molecule has 3 aromatic carbocycles. The molecule has 3 aromatic rings. The van der Waals surface area contributed by atoms with Crippen molar-refractivity contribution >= 4 is 5.97 Å². The van der Waals surface area contributed by atoms with Gasteiger partial charge in [0.2, 0.25) is 0 Å². The van der Waals surface area contributed by atoms with Crippen molar-refractivity contribution in [3.8, 4) is 34.5 Å². The molecule has 1 unspecified atom stereocenters. The number of esters is 1. The molecule has 0 heterocycles. The summed E-state index contributed by atoms with van der Waals surface area (Å²) in [4.78, 5) is 13.3. The summed E-state index contributed by atoms with van der Waals surface area (Å²) >= 11 is 0. The molecular formula is C26H28O8. The number of rotatable bonds is 9. The molecule has 8 nitrogen and oxygen atoms in total. The number of carbonyl (C=O) groups excluding carboxylic acids is 1. The summed E-state index contributed by atoms with van der Waals surface area (Å²) < 4.78 is 20.9. The van der Waals surface area contributed by atoms with E-state index in [2.05, 4.69) is 0 Å². The van der Waals surface area contributed by atoms with Crippen LogP contribution in [0.3, 0.4) is 0 Å². The molecule has 0 saturated heterocycles. The van der Waals surface area contributed by atoms with Crippen LogP contribution in [0.1, 0.15) is 35.4 Å². The van der Waals surface area contributed by atoms with Gasteiger partial charge in [-0.25, -0.2) is 0 Å². The fourth-order valence-electron chi connectivity index (χ4n) is 3.98. The van der Waals surface area contributed by atoms with Crippen molar-refractivity contribution in [1.82, 2.24) is 0 Å². The molecule has 0 spiro atoms. The molecule has 34 heavy (non-hydrogen) atoms. The minimum absolute atomic E-state index is 0.108. The average molecular weight is 469 g/mol. The molecule has 0 saturated carbocycles. The van der Waals surface area contributed by atoms with Crippen LogP contribution < -0.4 is 14.2 Å².